The highest BCUT2D eigenvalue weighted by Gasteiger charge is 2.21. The van der Waals surface area contributed by atoms with Crippen molar-refractivity contribution in [2.45, 2.75) is 58.5 Å². The van der Waals surface area contributed by atoms with Crippen LogP contribution in [0, 0.1) is 5.92 Å². The SMILES string of the molecule is CC(C)(C)OC(=O)NN(CC(N)=O)C(=O)/C=C/C(=O)NCC1CCCCC1. The van der Waals surface area contributed by atoms with Crippen molar-refractivity contribution in [2.75, 3.05) is 13.1 Å². The number of hydrogen-bond acceptors (Lipinski definition) is 5. The summed E-state index contributed by atoms with van der Waals surface area (Å²) in [6.45, 7) is 4.99. The van der Waals surface area contributed by atoms with E-state index in [1.165, 1.54) is 19.3 Å². The maximum Gasteiger partial charge on any atom is 0.426 e. The second kappa shape index (κ2) is 10.5. The number of carbonyl (C=O) groups is 4. The van der Waals surface area contributed by atoms with Gasteiger partial charge in [-0.3, -0.25) is 14.4 Å². The van der Waals surface area contributed by atoms with Crippen molar-refractivity contribution < 1.29 is 23.9 Å². The lowest BCUT2D eigenvalue weighted by molar-refractivity contribution is -0.134. The molecule has 0 aromatic rings. The van der Waals surface area contributed by atoms with Gasteiger partial charge in [-0.2, -0.15) is 0 Å². The zero-order valence-corrected chi connectivity index (χ0v) is 16.2. The summed E-state index contributed by atoms with van der Waals surface area (Å²) in [7, 11) is 0. The number of rotatable bonds is 6. The molecule has 0 unspecified atom stereocenters. The highest BCUT2D eigenvalue weighted by atomic mass is 16.6. The molecule has 0 atom stereocenters. The summed E-state index contributed by atoms with van der Waals surface area (Å²) in [6, 6.07) is 0. The Bertz CT molecular complexity index is 577. The van der Waals surface area contributed by atoms with Gasteiger partial charge in [-0.15, -0.1) is 0 Å². The third-order valence-corrected chi connectivity index (χ3v) is 3.87. The van der Waals surface area contributed by atoms with Crippen molar-refractivity contribution in [3.8, 4) is 0 Å². The first-order chi connectivity index (χ1) is 12.6. The Morgan fingerprint density at radius 1 is 1.11 bits per heavy atom. The van der Waals surface area contributed by atoms with Gasteiger partial charge < -0.3 is 15.8 Å². The Kier molecular flexibility index (Phi) is 8.77. The standard InChI is InChI=1S/C18H30N4O5/c1-18(2,3)27-17(26)21-22(12-14(19)23)16(25)10-9-15(24)20-11-13-7-5-4-6-8-13/h9-10,13H,4-8,11-12H2,1-3H3,(H2,19,23)(H,20,24)(H,21,26)/b10-9+. The van der Waals surface area contributed by atoms with E-state index < -0.39 is 36.0 Å². The van der Waals surface area contributed by atoms with E-state index in [9.17, 15) is 19.2 Å². The van der Waals surface area contributed by atoms with Crippen LogP contribution in [0.3, 0.4) is 0 Å². The van der Waals surface area contributed by atoms with Gasteiger partial charge in [0.25, 0.3) is 5.91 Å². The number of carbonyl (C=O) groups excluding carboxylic acids is 4. The molecule has 9 heteroatoms. The van der Waals surface area contributed by atoms with Crippen LogP contribution < -0.4 is 16.5 Å². The van der Waals surface area contributed by atoms with E-state index in [1.807, 2.05) is 0 Å². The van der Waals surface area contributed by atoms with Crippen molar-refractivity contribution in [3.63, 3.8) is 0 Å². The molecule has 1 saturated carbocycles. The lowest BCUT2D eigenvalue weighted by atomic mass is 9.89. The maximum atomic E-state index is 12.2. The first kappa shape index (κ1) is 22.5. The van der Waals surface area contributed by atoms with Crippen molar-refractivity contribution >= 4 is 23.8 Å². The van der Waals surface area contributed by atoms with Gasteiger partial charge in [-0.25, -0.2) is 15.2 Å². The van der Waals surface area contributed by atoms with Gasteiger partial charge in [0.05, 0.1) is 0 Å². The van der Waals surface area contributed by atoms with E-state index in [4.69, 9.17) is 10.5 Å². The summed E-state index contributed by atoms with van der Waals surface area (Å²) in [5, 5.41) is 3.45. The molecule has 0 bridgehead atoms. The average molecular weight is 382 g/mol. The van der Waals surface area contributed by atoms with Gasteiger partial charge in [0.1, 0.15) is 12.1 Å². The van der Waals surface area contributed by atoms with Crippen LogP contribution in [-0.2, 0) is 19.1 Å². The third-order valence-electron chi connectivity index (χ3n) is 3.87. The van der Waals surface area contributed by atoms with Crippen molar-refractivity contribution in [1.82, 2.24) is 15.8 Å². The highest BCUT2D eigenvalue weighted by Crippen LogP contribution is 2.22. The fourth-order valence-electron chi connectivity index (χ4n) is 2.67. The summed E-state index contributed by atoms with van der Waals surface area (Å²) in [5.41, 5.74) is 6.47. The molecule has 0 heterocycles. The van der Waals surface area contributed by atoms with Crippen LogP contribution in [0.5, 0.6) is 0 Å². The van der Waals surface area contributed by atoms with Crippen LogP contribution in [0.4, 0.5) is 4.79 Å². The number of hydrazine groups is 1. The predicted molar refractivity (Wildman–Crippen MR) is 99.0 cm³/mol. The van der Waals surface area contributed by atoms with E-state index in [-0.39, 0.29) is 0 Å². The van der Waals surface area contributed by atoms with E-state index in [2.05, 4.69) is 10.7 Å². The third kappa shape index (κ3) is 10.2. The molecule has 1 aliphatic rings. The fraction of sp³-hybridized carbons (Fsp3) is 0.667. The Morgan fingerprint density at radius 2 is 1.74 bits per heavy atom. The topological polar surface area (TPSA) is 131 Å². The Hall–Kier alpha value is -2.58. The lowest BCUT2D eigenvalue weighted by Crippen LogP contribution is -2.50. The molecule has 9 nitrogen and oxygen atoms in total. The summed E-state index contributed by atoms with van der Waals surface area (Å²) < 4.78 is 5.03. The molecule has 0 radical (unpaired) electrons. The molecule has 4 N–H and O–H groups in total. The molecule has 152 valence electrons. The maximum absolute atomic E-state index is 12.2. The number of nitrogens with two attached hydrogens (primary N) is 1. The van der Waals surface area contributed by atoms with Gasteiger partial charge in [-0.05, 0) is 39.5 Å². The molecule has 0 aromatic heterocycles. The highest BCUT2D eigenvalue weighted by molar-refractivity contribution is 5.98. The molecular formula is C18H30N4O5. The van der Waals surface area contributed by atoms with Crippen LogP contribution in [0.1, 0.15) is 52.9 Å². The number of nitrogens with zero attached hydrogens (tertiary/aromatic N) is 1. The molecule has 1 aliphatic carbocycles. The minimum absolute atomic E-state index is 0.412. The van der Waals surface area contributed by atoms with Gasteiger partial charge in [-0.1, -0.05) is 19.3 Å². The predicted octanol–water partition coefficient (Wildman–Crippen LogP) is 0.993. The summed E-state index contributed by atoms with van der Waals surface area (Å²) >= 11 is 0. The summed E-state index contributed by atoms with van der Waals surface area (Å²) in [5.74, 6) is -1.54. The smallest absolute Gasteiger partial charge is 0.426 e. The molecule has 27 heavy (non-hydrogen) atoms. The number of primary amides is 1. The summed E-state index contributed by atoms with van der Waals surface area (Å²) in [6.07, 6.45) is 6.89. The van der Waals surface area contributed by atoms with Gasteiger partial charge >= 0.3 is 6.09 Å². The van der Waals surface area contributed by atoms with E-state index in [0.717, 1.165) is 25.0 Å². The molecule has 0 aromatic carbocycles. The number of hydrogen-bond donors (Lipinski definition) is 3. The second-order valence-corrected chi connectivity index (χ2v) is 7.59. The quantitative estimate of drug-likeness (QED) is 0.466. The Labute approximate surface area is 159 Å². The van der Waals surface area contributed by atoms with Crippen LogP contribution >= 0.6 is 0 Å². The lowest BCUT2D eigenvalue weighted by Gasteiger charge is -2.24. The fourth-order valence-corrected chi connectivity index (χ4v) is 2.67. The molecule has 4 amide bonds. The first-order valence-electron chi connectivity index (χ1n) is 9.12. The molecule has 0 spiro atoms. The molecule has 1 rings (SSSR count). The van der Waals surface area contributed by atoms with Crippen LogP contribution in [0.15, 0.2) is 12.2 Å². The minimum atomic E-state index is -0.910. The number of amides is 4. The number of nitrogens with one attached hydrogen (secondary N) is 2. The second-order valence-electron chi connectivity index (χ2n) is 7.59. The largest absolute Gasteiger partial charge is 0.443 e. The van der Waals surface area contributed by atoms with E-state index in [1.54, 1.807) is 20.8 Å². The van der Waals surface area contributed by atoms with Crippen molar-refractivity contribution in [2.24, 2.45) is 11.7 Å². The monoisotopic (exact) mass is 382 g/mol. The molecular weight excluding hydrogens is 352 g/mol. The number of ether oxygens (including phenoxy) is 1. The molecule has 0 saturated heterocycles. The van der Waals surface area contributed by atoms with Gasteiger partial charge in [0.2, 0.25) is 11.8 Å². The molecule has 0 aliphatic heterocycles. The Balaban J connectivity index is 2.55. The zero-order valence-electron chi connectivity index (χ0n) is 16.2. The Morgan fingerprint density at radius 3 is 2.30 bits per heavy atom. The minimum Gasteiger partial charge on any atom is -0.443 e. The van der Waals surface area contributed by atoms with Crippen molar-refractivity contribution in [1.29, 1.82) is 0 Å². The van der Waals surface area contributed by atoms with Crippen LogP contribution in [0.25, 0.3) is 0 Å². The van der Waals surface area contributed by atoms with E-state index >= 15 is 0 Å². The van der Waals surface area contributed by atoms with Crippen LogP contribution in [0.2, 0.25) is 0 Å². The van der Waals surface area contributed by atoms with E-state index in [0.29, 0.717) is 17.5 Å². The first-order valence-corrected chi connectivity index (χ1v) is 9.12. The van der Waals surface area contributed by atoms with Gasteiger partial charge in [0.15, 0.2) is 0 Å². The van der Waals surface area contributed by atoms with Crippen LogP contribution in [-0.4, -0.2) is 47.5 Å². The normalized spacial score (nSPS) is 15.2. The van der Waals surface area contributed by atoms with Gasteiger partial charge in [0, 0.05) is 18.7 Å². The summed E-state index contributed by atoms with van der Waals surface area (Å²) in [4.78, 5) is 47.0. The zero-order chi connectivity index (χ0) is 20.4. The average Bonchev–Trinajstić information content (AvgIpc) is 2.56. The molecule has 1 fully saturated rings. The van der Waals surface area contributed by atoms with Crippen molar-refractivity contribution in [3.05, 3.63) is 12.2 Å².